The molecule has 1 aromatic rings. The lowest BCUT2D eigenvalue weighted by Gasteiger charge is -2.12. The topological polar surface area (TPSA) is 64.1 Å². The van der Waals surface area contributed by atoms with Crippen molar-refractivity contribution in [3.8, 4) is 18.1 Å². The van der Waals surface area contributed by atoms with Crippen molar-refractivity contribution >= 4 is 5.96 Å². The van der Waals surface area contributed by atoms with Crippen molar-refractivity contribution in [2.24, 2.45) is 4.99 Å². The van der Waals surface area contributed by atoms with Gasteiger partial charge in [-0.1, -0.05) is 18.1 Å². The van der Waals surface area contributed by atoms with E-state index in [1.54, 1.807) is 14.2 Å². The van der Waals surface area contributed by atoms with Crippen molar-refractivity contribution in [2.75, 3.05) is 53.7 Å². The number of hydrogen-bond acceptors (Lipinski definition) is 4. The Morgan fingerprint density at radius 2 is 1.88 bits per heavy atom. The van der Waals surface area contributed by atoms with Crippen LogP contribution in [0.25, 0.3) is 0 Å². The van der Waals surface area contributed by atoms with Crippen LogP contribution in [0.1, 0.15) is 12.0 Å². The minimum absolute atomic E-state index is 0.292. The Labute approximate surface area is 151 Å². The number of methoxy groups -OCH3 is 1. The summed E-state index contributed by atoms with van der Waals surface area (Å²) in [4.78, 5) is 4.21. The highest BCUT2D eigenvalue weighted by molar-refractivity contribution is 5.79. The van der Waals surface area contributed by atoms with Gasteiger partial charge in [0.25, 0.3) is 0 Å². The Morgan fingerprint density at radius 3 is 2.56 bits per heavy atom. The molecule has 1 aromatic carbocycles. The second kappa shape index (κ2) is 14.1. The lowest BCUT2D eigenvalue weighted by Crippen LogP contribution is -2.39. The van der Waals surface area contributed by atoms with Gasteiger partial charge in [-0.05, 0) is 30.5 Å². The Balaban J connectivity index is 2.15. The zero-order chi connectivity index (χ0) is 18.2. The van der Waals surface area contributed by atoms with Gasteiger partial charge in [0, 0.05) is 33.9 Å². The van der Waals surface area contributed by atoms with Crippen LogP contribution in [0.15, 0.2) is 29.3 Å². The minimum Gasteiger partial charge on any atom is -0.481 e. The lowest BCUT2D eigenvalue weighted by atomic mass is 10.1. The first-order chi connectivity index (χ1) is 12.3. The number of guanidine groups is 1. The van der Waals surface area contributed by atoms with Gasteiger partial charge >= 0.3 is 0 Å². The van der Waals surface area contributed by atoms with Crippen molar-refractivity contribution < 1.29 is 14.2 Å². The van der Waals surface area contributed by atoms with Gasteiger partial charge in [0.2, 0.25) is 0 Å². The molecule has 0 amide bonds. The molecule has 0 unspecified atom stereocenters. The van der Waals surface area contributed by atoms with E-state index in [1.165, 1.54) is 5.56 Å². The normalized spacial score (nSPS) is 11.0. The molecule has 25 heavy (non-hydrogen) atoms. The van der Waals surface area contributed by atoms with E-state index in [1.807, 2.05) is 24.3 Å². The Bertz CT molecular complexity index is 524. The molecule has 1 rings (SSSR count). The van der Waals surface area contributed by atoms with Crippen LogP contribution < -0.4 is 15.4 Å². The van der Waals surface area contributed by atoms with E-state index in [0.29, 0.717) is 26.4 Å². The summed E-state index contributed by atoms with van der Waals surface area (Å²) < 4.78 is 15.7. The lowest BCUT2D eigenvalue weighted by molar-refractivity contribution is 0.0698. The number of aliphatic imine (C=N–C) groups is 1. The third kappa shape index (κ3) is 10.3. The second-order valence-corrected chi connectivity index (χ2v) is 5.27. The van der Waals surface area contributed by atoms with Crippen molar-refractivity contribution in [3.63, 3.8) is 0 Å². The Kier molecular flexibility index (Phi) is 11.8. The van der Waals surface area contributed by atoms with E-state index in [0.717, 1.165) is 37.6 Å². The van der Waals surface area contributed by atoms with Crippen LogP contribution in [0.2, 0.25) is 0 Å². The Hall–Kier alpha value is -2.23. The molecular formula is C19H29N3O3. The first-order valence-corrected chi connectivity index (χ1v) is 8.46. The van der Waals surface area contributed by atoms with Crippen molar-refractivity contribution in [2.45, 2.75) is 12.8 Å². The van der Waals surface area contributed by atoms with Crippen LogP contribution in [0.3, 0.4) is 0 Å². The number of terminal acetylenes is 1. The highest BCUT2D eigenvalue weighted by atomic mass is 16.5. The monoisotopic (exact) mass is 347 g/mol. The Morgan fingerprint density at radius 1 is 1.12 bits per heavy atom. The molecule has 0 saturated heterocycles. The summed E-state index contributed by atoms with van der Waals surface area (Å²) in [6.45, 7) is 3.88. The first kappa shape index (κ1) is 20.8. The third-order valence-corrected chi connectivity index (χ3v) is 3.36. The first-order valence-electron chi connectivity index (χ1n) is 8.46. The summed E-state index contributed by atoms with van der Waals surface area (Å²) in [5, 5.41) is 6.57. The van der Waals surface area contributed by atoms with Gasteiger partial charge in [0.1, 0.15) is 12.4 Å². The van der Waals surface area contributed by atoms with Crippen molar-refractivity contribution in [1.82, 2.24) is 10.6 Å². The van der Waals surface area contributed by atoms with Crippen LogP contribution in [0.4, 0.5) is 0 Å². The standard InChI is InChI=1S/C19H29N3O3/c1-4-13-25-18-8-6-17(7-9-18)10-12-22-19(20-2)21-11-5-14-24-16-15-23-3/h1,6-9H,5,10-16H2,2-3H3,(H2,20,21,22). The molecule has 0 aliphatic carbocycles. The fraction of sp³-hybridized carbons (Fsp3) is 0.526. The summed E-state index contributed by atoms with van der Waals surface area (Å²) >= 11 is 0. The number of nitrogens with zero attached hydrogens (tertiary/aromatic N) is 1. The summed E-state index contributed by atoms with van der Waals surface area (Å²) in [5.74, 6) is 4.04. The predicted molar refractivity (Wildman–Crippen MR) is 101 cm³/mol. The van der Waals surface area contributed by atoms with E-state index in [2.05, 4.69) is 21.5 Å². The third-order valence-electron chi connectivity index (χ3n) is 3.36. The number of ether oxygens (including phenoxy) is 3. The molecule has 0 heterocycles. The molecule has 138 valence electrons. The SMILES string of the molecule is C#CCOc1ccc(CCNC(=NC)NCCCOCCOC)cc1. The second-order valence-electron chi connectivity index (χ2n) is 5.27. The maximum absolute atomic E-state index is 5.42. The van der Waals surface area contributed by atoms with Gasteiger partial charge in [-0.15, -0.1) is 6.42 Å². The van der Waals surface area contributed by atoms with Crippen LogP contribution >= 0.6 is 0 Å². The predicted octanol–water partition coefficient (Wildman–Crippen LogP) is 1.46. The van der Waals surface area contributed by atoms with E-state index in [4.69, 9.17) is 20.6 Å². The van der Waals surface area contributed by atoms with Gasteiger partial charge in [-0.25, -0.2) is 0 Å². The average Bonchev–Trinajstić information content (AvgIpc) is 2.65. The molecular weight excluding hydrogens is 318 g/mol. The molecule has 6 nitrogen and oxygen atoms in total. The molecule has 0 aliphatic rings. The molecule has 0 fully saturated rings. The van der Waals surface area contributed by atoms with Crippen LogP contribution in [-0.4, -0.2) is 59.6 Å². The van der Waals surface area contributed by atoms with E-state index >= 15 is 0 Å². The molecule has 0 bridgehead atoms. The van der Waals surface area contributed by atoms with Gasteiger partial charge in [0.15, 0.2) is 5.96 Å². The maximum Gasteiger partial charge on any atom is 0.190 e. The van der Waals surface area contributed by atoms with E-state index in [9.17, 15) is 0 Å². The summed E-state index contributed by atoms with van der Waals surface area (Å²) in [5.41, 5.74) is 1.22. The number of nitrogens with one attached hydrogen (secondary N) is 2. The van der Waals surface area contributed by atoms with Crippen molar-refractivity contribution in [3.05, 3.63) is 29.8 Å². The minimum atomic E-state index is 0.292. The molecule has 2 N–H and O–H groups in total. The van der Waals surface area contributed by atoms with Gasteiger partial charge < -0.3 is 24.8 Å². The quantitative estimate of drug-likeness (QED) is 0.259. The number of hydrogen-bond donors (Lipinski definition) is 2. The molecule has 0 aromatic heterocycles. The number of rotatable bonds is 12. The fourth-order valence-electron chi connectivity index (χ4n) is 2.05. The van der Waals surface area contributed by atoms with Gasteiger partial charge in [-0.2, -0.15) is 0 Å². The number of benzene rings is 1. The summed E-state index contributed by atoms with van der Waals surface area (Å²) in [7, 11) is 3.43. The summed E-state index contributed by atoms with van der Waals surface area (Å²) in [6.07, 6.45) is 6.99. The zero-order valence-electron chi connectivity index (χ0n) is 15.2. The molecule has 0 aliphatic heterocycles. The van der Waals surface area contributed by atoms with Gasteiger partial charge in [-0.3, -0.25) is 4.99 Å². The smallest absolute Gasteiger partial charge is 0.190 e. The van der Waals surface area contributed by atoms with Crippen molar-refractivity contribution in [1.29, 1.82) is 0 Å². The molecule has 0 spiro atoms. The van der Waals surface area contributed by atoms with E-state index < -0.39 is 0 Å². The zero-order valence-corrected chi connectivity index (χ0v) is 15.2. The average molecular weight is 347 g/mol. The van der Waals surface area contributed by atoms with Crippen LogP contribution in [-0.2, 0) is 15.9 Å². The molecule has 0 radical (unpaired) electrons. The molecule has 0 saturated carbocycles. The van der Waals surface area contributed by atoms with E-state index in [-0.39, 0.29) is 0 Å². The van der Waals surface area contributed by atoms with Gasteiger partial charge in [0.05, 0.1) is 13.2 Å². The summed E-state index contributed by atoms with van der Waals surface area (Å²) in [6, 6.07) is 7.95. The fourth-order valence-corrected chi connectivity index (χ4v) is 2.05. The highest BCUT2D eigenvalue weighted by Crippen LogP contribution is 2.12. The maximum atomic E-state index is 5.42. The molecule has 0 atom stereocenters. The van der Waals surface area contributed by atoms with Crippen LogP contribution in [0.5, 0.6) is 5.75 Å². The van der Waals surface area contributed by atoms with Crippen LogP contribution in [0, 0.1) is 12.3 Å². The largest absolute Gasteiger partial charge is 0.481 e. The highest BCUT2D eigenvalue weighted by Gasteiger charge is 1.99. The molecule has 6 heteroatoms.